The molecule has 5 heteroatoms. The van der Waals surface area contributed by atoms with Gasteiger partial charge in [-0.05, 0) is 42.4 Å². The summed E-state index contributed by atoms with van der Waals surface area (Å²) in [5.41, 5.74) is 7.47. The van der Waals surface area contributed by atoms with Crippen LogP contribution in [0.25, 0.3) is 0 Å². The number of ether oxygens (including phenoxy) is 1. The molecule has 1 heterocycles. The van der Waals surface area contributed by atoms with Crippen LogP contribution in [0.2, 0.25) is 0 Å². The SMILES string of the molecule is NC(=NCC1(Cc2ccc(F)cc2)CC1)N1CCOCC1. The van der Waals surface area contributed by atoms with E-state index in [0.717, 1.165) is 39.3 Å². The number of halogens is 1. The van der Waals surface area contributed by atoms with Gasteiger partial charge in [0.25, 0.3) is 0 Å². The Morgan fingerprint density at radius 3 is 2.52 bits per heavy atom. The summed E-state index contributed by atoms with van der Waals surface area (Å²) in [5.74, 6) is 0.446. The van der Waals surface area contributed by atoms with E-state index in [1.807, 2.05) is 12.1 Å². The Hall–Kier alpha value is -1.62. The number of aliphatic imine (C=N–C) groups is 1. The smallest absolute Gasteiger partial charge is 0.191 e. The molecule has 21 heavy (non-hydrogen) atoms. The lowest BCUT2D eigenvalue weighted by atomic mass is 9.96. The zero-order valence-electron chi connectivity index (χ0n) is 12.2. The van der Waals surface area contributed by atoms with E-state index in [9.17, 15) is 4.39 Å². The van der Waals surface area contributed by atoms with Crippen molar-refractivity contribution in [2.75, 3.05) is 32.8 Å². The second-order valence-corrected chi connectivity index (χ2v) is 6.08. The molecule has 1 saturated carbocycles. The van der Waals surface area contributed by atoms with Crippen molar-refractivity contribution < 1.29 is 9.13 Å². The van der Waals surface area contributed by atoms with E-state index in [1.54, 1.807) is 0 Å². The zero-order valence-corrected chi connectivity index (χ0v) is 12.2. The Morgan fingerprint density at radius 2 is 1.90 bits per heavy atom. The minimum absolute atomic E-state index is 0.182. The van der Waals surface area contributed by atoms with Crippen molar-refractivity contribution in [3.63, 3.8) is 0 Å². The molecule has 2 N–H and O–H groups in total. The summed E-state index contributed by atoms with van der Waals surface area (Å²) in [7, 11) is 0. The molecular weight excluding hydrogens is 269 g/mol. The predicted octanol–water partition coefficient (Wildman–Crippen LogP) is 1.80. The lowest BCUT2D eigenvalue weighted by Gasteiger charge is -2.28. The van der Waals surface area contributed by atoms with E-state index in [-0.39, 0.29) is 11.2 Å². The molecule has 0 aromatic heterocycles. The average molecular weight is 291 g/mol. The highest BCUT2D eigenvalue weighted by atomic mass is 19.1. The first-order valence-electron chi connectivity index (χ1n) is 7.54. The fourth-order valence-electron chi connectivity index (χ4n) is 2.74. The molecule has 0 spiro atoms. The first-order chi connectivity index (χ1) is 10.2. The Balaban J connectivity index is 1.57. The maximum Gasteiger partial charge on any atom is 0.191 e. The van der Waals surface area contributed by atoms with Crippen LogP contribution in [0.3, 0.4) is 0 Å². The fourth-order valence-corrected chi connectivity index (χ4v) is 2.74. The maximum atomic E-state index is 12.9. The second kappa shape index (κ2) is 6.02. The largest absolute Gasteiger partial charge is 0.378 e. The molecule has 2 fully saturated rings. The van der Waals surface area contributed by atoms with Gasteiger partial charge >= 0.3 is 0 Å². The normalized spacial score (nSPS) is 21.4. The summed E-state index contributed by atoms with van der Waals surface area (Å²) in [6.45, 7) is 3.84. The quantitative estimate of drug-likeness (QED) is 0.680. The third kappa shape index (κ3) is 3.73. The van der Waals surface area contributed by atoms with Gasteiger partial charge in [0.2, 0.25) is 0 Å². The molecule has 1 aromatic carbocycles. The van der Waals surface area contributed by atoms with Crippen LogP contribution < -0.4 is 5.73 Å². The van der Waals surface area contributed by atoms with E-state index >= 15 is 0 Å². The van der Waals surface area contributed by atoms with Crippen LogP contribution in [-0.4, -0.2) is 43.7 Å². The summed E-state index contributed by atoms with van der Waals surface area (Å²) in [6, 6.07) is 6.78. The van der Waals surface area contributed by atoms with Gasteiger partial charge in [0.1, 0.15) is 5.82 Å². The van der Waals surface area contributed by atoms with Gasteiger partial charge in [0.05, 0.1) is 13.2 Å². The van der Waals surface area contributed by atoms with Gasteiger partial charge in [-0.15, -0.1) is 0 Å². The first kappa shape index (κ1) is 14.3. The average Bonchev–Trinajstić information content (AvgIpc) is 3.28. The Labute approximate surface area is 124 Å². The fraction of sp³-hybridized carbons (Fsp3) is 0.562. The van der Waals surface area contributed by atoms with Crippen LogP contribution in [0.15, 0.2) is 29.3 Å². The van der Waals surface area contributed by atoms with Gasteiger partial charge in [-0.25, -0.2) is 4.39 Å². The molecule has 0 atom stereocenters. The number of benzene rings is 1. The number of hydrogen-bond donors (Lipinski definition) is 1. The van der Waals surface area contributed by atoms with Crippen LogP contribution in [0.1, 0.15) is 18.4 Å². The summed E-state index contributed by atoms with van der Waals surface area (Å²) >= 11 is 0. The van der Waals surface area contributed by atoms with Crippen molar-refractivity contribution in [1.82, 2.24) is 4.90 Å². The van der Waals surface area contributed by atoms with Crippen LogP contribution >= 0.6 is 0 Å². The number of hydrogen-bond acceptors (Lipinski definition) is 2. The van der Waals surface area contributed by atoms with Crippen molar-refractivity contribution in [2.24, 2.45) is 16.1 Å². The molecule has 1 aliphatic carbocycles. The first-order valence-corrected chi connectivity index (χ1v) is 7.54. The lowest BCUT2D eigenvalue weighted by molar-refractivity contribution is 0.0674. The standard InChI is InChI=1S/C16H22FN3O/c17-14-3-1-13(2-4-14)11-16(5-6-16)12-19-15(18)20-7-9-21-10-8-20/h1-4H,5-12H2,(H2,18,19). The van der Waals surface area contributed by atoms with Crippen molar-refractivity contribution in [3.05, 3.63) is 35.6 Å². The van der Waals surface area contributed by atoms with Crippen molar-refractivity contribution in [1.29, 1.82) is 0 Å². The number of guanidine groups is 1. The lowest BCUT2D eigenvalue weighted by Crippen LogP contribution is -2.45. The third-order valence-electron chi connectivity index (χ3n) is 4.36. The maximum absolute atomic E-state index is 12.9. The Bertz CT molecular complexity index is 505. The Kier molecular flexibility index (Phi) is 4.10. The second-order valence-electron chi connectivity index (χ2n) is 6.08. The number of rotatable bonds is 4. The molecule has 0 bridgehead atoms. The number of nitrogens with zero attached hydrogens (tertiary/aromatic N) is 2. The van der Waals surface area contributed by atoms with Crippen molar-refractivity contribution >= 4 is 5.96 Å². The minimum Gasteiger partial charge on any atom is -0.378 e. The summed E-state index contributed by atoms with van der Waals surface area (Å²) in [4.78, 5) is 6.67. The molecule has 4 nitrogen and oxygen atoms in total. The van der Waals surface area contributed by atoms with Crippen LogP contribution in [0.5, 0.6) is 0 Å². The van der Waals surface area contributed by atoms with Crippen LogP contribution in [0.4, 0.5) is 4.39 Å². The van der Waals surface area contributed by atoms with Crippen LogP contribution in [-0.2, 0) is 11.2 Å². The number of nitrogens with two attached hydrogens (primary N) is 1. The van der Waals surface area contributed by atoms with E-state index in [4.69, 9.17) is 10.5 Å². The third-order valence-corrected chi connectivity index (χ3v) is 4.36. The predicted molar refractivity (Wildman–Crippen MR) is 80.7 cm³/mol. The van der Waals surface area contributed by atoms with E-state index in [0.29, 0.717) is 5.96 Å². The molecule has 0 unspecified atom stereocenters. The molecule has 0 radical (unpaired) electrons. The van der Waals surface area contributed by atoms with Gasteiger partial charge in [0.15, 0.2) is 5.96 Å². The zero-order chi connectivity index (χ0) is 14.7. The molecule has 114 valence electrons. The van der Waals surface area contributed by atoms with Gasteiger partial charge in [-0.1, -0.05) is 12.1 Å². The molecule has 1 aromatic rings. The molecule has 1 aliphatic heterocycles. The molecule has 3 rings (SSSR count). The monoisotopic (exact) mass is 291 g/mol. The highest BCUT2D eigenvalue weighted by molar-refractivity contribution is 5.78. The summed E-state index contributed by atoms with van der Waals surface area (Å²) in [6.07, 6.45) is 3.29. The topological polar surface area (TPSA) is 50.8 Å². The van der Waals surface area contributed by atoms with E-state index in [1.165, 1.54) is 30.5 Å². The Morgan fingerprint density at radius 1 is 1.24 bits per heavy atom. The number of morpholine rings is 1. The molecular formula is C16H22FN3O. The minimum atomic E-state index is -0.182. The summed E-state index contributed by atoms with van der Waals surface area (Å²) in [5, 5.41) is 0. The molecule has 1 saturated heterocycles. The highest BCUT2D eigenvalue weighted by Crippen LogP contribution is 2.48. The van der Waals surface area contributed by atoms with E-state index < -0.39 is 0 Å². The van der Waals surface area contributed by atoms with Gasteiger partial charge in [0, 0.05) is 19.6 Å². The molecule has 0 amide bonds. The van der Waals surface area contributed by atoms with Gasteiger partial charge in [-0.3, -0.25) is 4.99 Å². The van der Waals surface area contributed by atoms with E-state index in [2.05, 4.69) is 9.89 Å². The molecule has 2 aliphatic rings. The highest BCUT2D eigenvalue weighted by Gasteiger charge is 2.42. The van der Waals surface area contributed by atoms with Crippen LogP contribution in [0, 0.1) is 11.2 Å². The van der Waals surface area contributed by atoms with Crippen molar-refractivity contribution in [3.8, 4) is 0 Å². The van der Waals surface area contributed by atoms with Gasteiger partial charge in [-0.2, -0.15) is 0 Å². The van der Waals surface area contributed by atoms with Gasteiger partial charge < -0.3 is 15.4 Å². The summed E-state index contributed by atoms with van der Waals surface area (Å²) < 4.78 is 18.3. The van der Waals surface area contributed by atoms with Crippen molar-refractivity contribution in [2.45, 2.75) is 19.3 Å².